The van der Waals surface area contributed by atoms with Gasteiger partial charge in [0.05, 0.1) is 15.5 Å². The van der Waals surface area contributed by atoms with E-state index in [-0.39, 0.29) is 16.3 Å². The number of nitrogens with zero attached hydrogens (tertiary/aromatic N) is 2. The molecule has 0 fully saturated rings. The van der Waals surface area contributed by atoms with Crippen molar-refractivity contribution < 1.29 is 13.3 Å². The predicted octanol–water partition coefficient (Wildman–Crippen LogP) is 3.91. The molecule has 2 aromatic rings. The number of rotatable bonds is 5. The average molecular weight is 402 g/mol. The van der Waals surface area contributed by atoms with Crippen LogP contribution in [0, 0.1) is 17.0 Å². The molecule has 10 heteroatoms. The molecule has 2 aromatic carbocycles. The van der Waals surface area contributed by atoms with Crippen molar-refractivity contribution >= 4 is 44.6 Å². The number of nitro groups is 1. The maximum absolute atomic E-state index is 12.3. The van der Waals surface area contributed by atoms with E-state index in [0.717, 1.165) is 6.07 Å². The molecule has 0 aromatic heterocycles. The standard InChI is InChI=1S/C15H13Cl2N3O4S/c1-9-3-5-12(8-15(9)20(21)22)25(23,24)19-18-10(2)13-7-11(16)4-6-14(13)17/h3-8,19H,1-2H3/b18-10+. The number of aryl methyl sites for hydroxylation is 1. The van der Waals surface area contributed by atoms with Crippen LogP contribution in [-0.2, 0) is 10.0 Å². The van der Waals surface area contributed by atoms with Crippen LogP contribution in [-0.4, -0.2) is 19.1 Å². The average Bonchev–Trinajstić information content (AvgIpc) is 2.55. The first-order valence-corrected chi connectivity index (χ1v) is 9.12. The Bertz CT molecular complexity index is 975. The van der Waals surface area contributed by atoms with Gasteiger partial charge in [-0.3, -0.25) is 10.1 Å². The summed E-state index contributed by atoms with van der Waals surface area (Å²) in [7, 11) is -4.08. The Morgan fingerprint density at radius 2 is 1.88 bits per heavy atom. The molecule has 0 saturated carbocycles. The Balaban J connectivity index is 2.34. The molecule has 132 valence electrons. The van der Waals surface area contributed by atoms with Crippen LogP contribution in [0.5, 0.6) is 0 Å². The summed E-state index contributed by atoms with van der Waals surface area (Å²) < 4.78 is 24.6. The van der Waals surface area contributed by atoms with Gasteiger partial charge in [-0.1, -0.05) is 29.3 Å². The van der Waals surface area contributed by atoms with Gasteiger partial charge in [0.2, 0.25) is 0 Å². The van der Waals surface area contributed by atoms with Gasteiger partial charge in [-0.15, -0.1) is 0 Å². The minimum absolute atomic E-state index is 0.265. The van der Waals surface area contributed by atoms with E-state index in [4.69, 9.17) is 23.2 Å². The molecule has 0 spiro atoms. The molecular weight excluding hydrogens is 389 g/mol. The fourth-order valence-corrected chi connectivity index (χ4v) is 3.27. The number of halogens is 2. The van der Waals surface area contributed by atoms with Crippen LogP contribution in [0.3, 0.4) is 0 Å². The van der Waals surface area contributed by atoms with Crippen LogP contribution < -0.4 is 4.83 Å². The quantitative estimate of drug-likeness (QED) is 0.465. The lowest BCUT2D eigenvalue weighted by atomic mass is 10.1. The Kier molecular flexibility index (Phi) is 5.66. The van der Waals surface area contributed by atoms with E-state index in [0.29, 0.717) is 21.2 Å². The van der Waals surface area contributed by atoms with Crippen LogP contribution in [0.25, 0.3) is 0 Å². The highest BCUT2D eigenvalue weighted by Gasteiger charge is 2.19. The van der Waals surface area contributed by atoms with Gasteiger partial charge in [-0.05, 0) is 38.1 Å². The molecule has 0 heterocycles. The largest absolute Gasteiger partial charge is 0.276 e. The number of nitro benzene ring substituents is 1. The van der Waals surface area contributed by atoms with E-state index in [2.05, 4.69) is 5.10 Å². The molecule has 0 aliphatic heterocycles. The van der Waals surface area contributed by atoms with Crippen molar-refractivity contribution in [2.24, 2.45) is 5.10 Å². The maximum Gasteiger partial charge on any atom is 0.276 e. The van der Waals surface area contributed by atoms with E-state index in [1.165, 1.54) is 19.1 Å². The Morgan fingerprint density at radius 1 is 1.20 bits per heavy atom. The number of hydrogen-bond acceptors (Lipinski definition) is 5. The number of benzene rings is 2. The van der Waals surface area contributed by atoms with Crippen molar-refractivity contribution in [1.82, 2.24) is 4.83 Å². The first-order valence-electron chi connectivity index (χ1n) is 6.88. The van der Waals surface area contributed by atoms with Gasteiger partial charge < -0.3 is 0 Å². The van der Waals surface area contributed by atoms with Crippen molar-refractivity contribution in [2.45, 2.75) is 18.7 Å². The second-order valence-electron chi connectivity index (χ2n) is 5.12. The number of hydrazone groups is 1. The lowest BCUT2D eigenvalue weighted by molar-refractivity contribution is -0.385. The van der Waals surface area contributed by atoms with Gasteiger partial charge in [0.25, 0.3) is 15.7 Å². The first-order chi connectivity index (χ1) is 11.6. The van der Waals surface area contributed by atoms with Crippen molar-refractivity contribution in [3.8, 4) is 0 Å². The SMILES string of the molecule is C/C(=N\NS(=O)(=O)c1ccc(C)c([N+](=O)[O-])c1)c1cc(Cl)ccc1Cl. The number of hydrogen-bond donors (Lipinski definition) is 1. The molecule has 0 unspecified atom stereocenters. The zero-order chi connectivity index (χ0) is 18.8. The molecule has 0 radical (unpaired) electrons. The van der Waals surface area contributed by atoms with Gasteiger partial charge in [0, 0.05) is 27.2 Å². The van der Waals surface area contributed by atoms with Crippen LogP contribution in [0.1, 0.15) is 18.1 Å². The van der Waals surface area contributed by atoms with Gasteiger partial charge in [-0.2, -0.15) is 18.4 Å². The fourth-order valence-electron chi connectivity index (χ4n) is 1.97. The lowest BCUT2D eigenvalue weighted by Gasteiger charge is -2.07. The van der Waals surface area contributed by atoms with Crippen molar-refractivity contribution in [3.63, 3.8) is 0 Å². The van der Waals surface area contributed by atoms with Crippen LogP contribution in [0.2, 0.25) is 10.0 Å². The number of nitrogens with one attached hydrogen (secondary N) is 1. The third-order valence-electron chi connectivity index (χ3n) is 3.34. The van der Waals surface area contributed by atoms with E-state index >= 15 is 0 Å². The molecule has 1 N–H and O–H groups in total. The van der Waals surface area contributed by atoms with Crippen LogP contribution in [0.15, 0.2) is 46.4 Å². The summed E-state index contributed by atoms with van der Waals surface area (Å²) in [6.45, 7) is 3.07. The maximum atomic E-state index is 12.3. The monoisotopic (exact) mass is 401 g/mol. The summed E-state index contributed by atoms with van der Waals surface area (Å²) in [5, 5.41) is 15.5. The molecule has 0 bridgehead atoms. The first kappa shape index (κ1) is 19.2. The van der Waals surface area contributed by atoms with Crippen LogP contribution in [0.4, 0.5) is 5.69 Å². The highest BCUT2D eigenvalue weighted by atomic mass is 35.5. The van der Waals surface area contributed by atoms with Crippen LogP contribution >= 0.6 is 23.2 Å². The second-order valence-corrected chi connectivity index (χ2v) is 7.63. The zero-order valence-electron chi connectivity index (χ0n) is 13.2. The van der Waals surface area contributed by atoms with Gasteiger partial charge in [0.15, 0.2) is 0 Å². The summed E-state index contributed by atoms with van der Waals surface area (Å²) in [6, 6.07) is 8.31. The molecule has 7 nitrogen and oxygen atoms in total. The van der Waals surface area contributed by atoms with Gasteiger partial charge in [-0.25, -0.2) is 0 Å². The van der Waals surface area contributed by atoms with E-state index < -0.39 is 14.9 Å². The molecule has 2 rings (SSSR count). The Morgan fingerprint density at radius 3 is 2.52 bits per heavy atom. The second kappa shape index (κ2) is 7.38. The molecular formula is C15H13Cl2N3O4S. The van der Waals surface area contributed by atoms with Gasteiger partial charge in [0.1, 0.15) is 0 Å². The molecule has 0 amide bonds. The lowest BCUT2D eigenvalue weighted by Crippen LogP contribution is -2.20. The molecule has 0 saturated heterocycles. The Hall–Kier alpha value is -2.16. The summed E-state index contributed by atoms with van der Waals surface area (Å²) in [5.41, 5.74) is 0.820. The summed E-state index contributed by atoms with van der Waals surface area (Å²) in [6.07, 6.45) is 0. The third-order valence-corrected chi connectivity index (χ3v) is 5.11. The third kappa shape index (κ3) is 4.47. The highest BCUT2D eigenvalue weighted by molar-refractivity contribution is 7.89. The Labute approximate surface area is 154 Å². The summed E-state index contributed by atoms with van der Waals surface area (Å²) >= 11 is 11.9. The minimum Gasteiger partial charge on any atom is -0.258 e. The van der Waals surface area contributed by atoms with E-state index in [1.54, 1.807) is 25.1 Å². The normalized spacial score (nSPS) is 12.1. The van der Waals surface area contributed by atoms with Crippen molar-refractivity contribution in [3.05, 3.63) is 67.7 Å². The molecule has 0 atom stereocenters. The highest BCUT2D eigenvalue weighted by Crippen LogP contribution is 2.23. The zero-order valence-corrected chi connectivity index (χ0v) is 15.5. The number of sulfonamides is 1. The predicted molar refractivity (Wildman–Crippen MR) is 96.8 cm³/mol. The molecule has 0 aliphatic carbocycles. The van der Waals surface area contributed by atoms with E-state index in [9.17, 15) is 18.5 Å². The fraction of sp³-hybridized carbons (Fsp3) is 0.133. The summed E-state index contributed by atoms with van der Waals surface area (Å²) in [5.74, 6) is 0. The smallest absolute Gasteiger partial charge is 0.258 e. The minimum atomic E-state index is -4.08. The van der Waals surface area contributed by atoms with E-state index in [1.807, 2.05) is 4.83 Å². The van der Waals surface area contributed by atoms with Crippen molar-refractivity contribution in [2.75, 3.05) is 0 Å². The molecule has 25 heavy (non-hydrogen) atoms. The topological polar surface area (TPSA) is 102 Å². The van der Waals surface area contributed by atoms with Crippen molar-refractivity contribution in [1.29, 1.82) is 0 Å². The van der Waals surface area contributed by atoms with Gasteiger partial charge >= 0.3 is 0 Å². The summed E-state index contributed by atoms with van der Waals surface area (Å²) in [4.78, 5) is 12.1. The molecule has 0 aliphatic rings.